The van der Waals surface area contributed by atoms with Crippen molar-refractivity contribution in [3.05, 3.63) is 12.2 Å². The highest BCUT2D eigenvalue weighted by molar-refractivity contribution is 4.88. The molecule has 1 saturated heterocycles. The molecule has 0 radical (unpaired) electrons. The summed E-state index contributed by atoms with van der Waals surface area (Å²) in [5, 5.41) is 29.0. The Balaban J connectivity index is 1.99. The van der Waals surface area contributed by atoms with Gasteiger partial charge in [0, 0.05) is 0 Å². The van der Waals surface area contributed by atoms with Gasteiger partial charge in [0.25, 0.3) is 0 Å². The maximum absolute atomic E-state index is 10.0. The summed E-state index contributed by atoms with van der Waals surface area (Å²) in [5.41, 5.74) is 0. The zero-order valence-electron chi connectivity index (χ0n) is 15.8. The lowest BCUT2D eigenvalue weighted by molar-refractivity contribution is -0.210. The summed E-state index contributed by atoms with van der Waals surface area (Å²) >= 11 is 0. The van der Waals surface area contributed by atoms with E-state index in [4.69, 9.17) is 14.6 Å². The van der Waals surface area contributed by atoms with E-state index >= 15 is 0 Å². The molecule has 1 heterocycles. The van der Waals surface area contributed by atoms with Crippen LogP contribution in [0, 0.1) is 0 Å². The second-order valence-electron chi connectivity index (χ2n) is 6.97. The normalized spacial score (nSPS) is 27.2. The fourth-order valence-corrected chi connectivity index (χ4v) is 3.13. The molecule has 25 heavy (non-hydrogen) atoms. The molecule has 0 amide bonds. The molecule has 0 bridgehead atoms. The zero-order chi connectivity index (χ0) is 18.3. The molecule has 0 spiro atoms. The van der Waals surface area contributed by atoms with Gasteiger partial charge in [0.2, 0.25) is 0 Å². The molecule has 3 N–H and O–H groups in total. The minimum Gasteiger partial charge on any atom is -0.394 e. The van der Waals surface area contributed by atoms with Crippen molar-refractivity contribution >= 4 is 0 Å². The van der Waals surface area contributed by atoms with E-state index in [0.29, 0.717) is 6.61 Å². The van der Waals surface area contributed by atoms with Crippen LogP contribution in [0.5, 0.6) is 0 Å². The Labute approximate surface area is 153 Å². The minimum atomic E-state index is -0.991. The third kappa shape index (κ3) is 9.71. The van der Waals surface area contributed by atoms with Gasteiger partial charge in [-0.2, -0.15) is 0 Å². The number of aliphatic hydroxyl groups is 3. The predicted octanol–water partition coefficient (Wildman–Crippen LogP) is 2.96. The van der Waals surface area contributed by atoms with Crippen molar-refractivity contribution < 1.29 is 24.8 Å². The quantitative estimate of drug-likeness (QED) is 0.329. The topological polar surface area (TPSA) is 79.2 Å². The van der Waals surface area contributed by atoms with Gasteiger partial charge < -0.3 is 24.8 Å². The number of hydrogen-bond donors (Lipinski definition) is 3. The molecule has 1 rings (SSSR count). The highest BCUT2D eigenvalue weighted by Crippen LogP contribution is 2.18. The summed E-state index contributed by atoms with van der Waals surface area (Å²) in [4.78, 5) is 0. The van der Waals surface area contributed by atoms with Crippen molar-refractivity contribution in [3.8, 4) is 0 Å². The SMILES string of the molecule is CCCCCCCCCC/C=C/CCO[C@@H]1[C@@H](O)[C@H](CO)OC[C@H]1O. The second kappa shape index (κ2) is 14.7. The number of aliphatic hydroxyl groups excluding tert-OH is 3. The largest absolute Gasteiger partial charge is 0.394 e. The van der Waals surface area contributed by atoms with Crippen LogP contribution in [0.3, 0.4) is 0 Å². The van der Waals surface area contributed by atoms with Crippen LogP contribution >= 0.6 is 0 Å². The Morgan fingerprint density at radius 3 is 2.28 bits per heavy atom. The summed E-state index contributed by atoms with van der Waals surface area (Å²) in [6.45, 7) is 2.51. The first-order valence-electron chi connectivity index (χ1n) is 10.1. The Bertz CT molecular complexity index is 334. The van der Waals surface area contributed by atoms with Crippen LogP contribution in [0.25, 0.3) is 0 Å². The number of hydrogen-bond acceptors (Lipinski definition) is 5. The summed E-state index contributed by atoms with van der Waals surface area (Å²) in [7, 11) is 0. The second-order valence-corrected chi connectivity index (χ2v) is 6.97. The van der Waals surface area contributed by atoms with Crippen LogP contribution in [0.4, 0.5) is 0 Å². The van der Waals surface area contributed by atoms with Crippen LogP contribution in [0.2, 0.25) is 0 Å². The van der Waals surface area contributed by atoms with Crippen molar-refractivity contribution in [2.24, 2.45) is 0 Å². The van der Waals surface area contributed by atoms with E-state index in [1.165, 1.54) is 51.4 Å². The van der Waals surface area contributed by atoms with Crippen molar-refractivity contribution in [2.45, 2.75) is 95.5 Å². The van der Waals surface area contributed by atoms with E-state index in [2.05, 4.69) is 19.1 Å². The summed E-state index contributed by atoms with van der Waals surface area (Å²) in [6.07, 6.45) is 13.6. The fraction of sp³-hybridized carbons (Fsp3) is 0.900. The lowest BCUT2D eigenvalue weighted by Crippen LogP contribution is -2.55. The first-order chi connectivity index (χ1) is 12.2. The monoisotopic (exact) mass is 358 g/mol. The maximum atomic E-state index is 10.0. The van der Waals surface area contributed by atoms with Gasteiger partial charge in [0.05, 0.1) is 19.8 Å². The zero-order valence-corrected chi connectivity index (χ0v) is 15.8. The lowest BCUT2D eigenvalue weighted by Gasteiger charge is -2.37. The molecule has 148 valence electrons. The van der Waals surface area contributed by atoms with Crippen LogP contribution < -0.4 is 0 Å². The molecule has 0 aliphatic carbocycles. The van der Waals surface area contributed by atoms with Crippen molar-refractivity contribution in [2.75, 3.05) is 19.8 Å². The summed E-state index contributed by atoms with van der Waals surface area (Å²) < 4.78 is 10.7. The predicted molar refractivity (Wildman–Crippen MR) is 99.6 cm³/mol. The van der Waals surface area contributed by atoms with Crippen LogP contribution in [-0.2, 0) is 9.47 Å². The molecule has 0 aromatic carbocycles. The van der Waals surface area contributed by atoms with E-state index in [1.807, 2.05) is 0 Å². The maximum Gasteiger partial charge on any atom is 0.114 e. The lowest BCUT2D eigenvalue weighted by atomic mass is 10.0. The average Bonchev–Trinajstić information content (AvgIpc) is 2.61. The van der Waals surface area contributed by atoms with Gasteiger partial charge in [-0.15, -0.1) is 0 Å². The molecule has 0 aromatic heterocycles. The van der Waals surface area contributed by atoms with E-state index in [0.717, 1.165) is 12.8 Å². The number of ether oxygens (including phenoxy) is 2. The molecular formula is C20H38O5. The Morgan fingerprint density at radius 1 is 0.960 bits per heavy atom. The van der Waals surface area contributed by atoms with Crippen molar-refractivity contribution in [1.82, 2.24) is 0 Å². The fourth-order valence-electron chi connectivity index (χ4n) is 3.13. The number of unbranched alkanes of at least 4 members (excludes halogenated alkanes) is 8. The smallest absolute Gasteiger partial charge is 0.114 e. The van der Waals surface area contributed by atoms with E-state index < -0.39 is 24.4 Å². The molecule has 5 nitrogen and oxygen atoms in total. The summed E-state index contributed by atoms with van der Waals surface area (Å²) in [6, 6.07) is 0. The number of rotatable bonds is 14. The van der Waals surface area contributed by atoms with Gasteiger partial charge in [-0.25, -0.2) is 0 Å². The molecule has 1 fully saturated rings. The van der Waals surface area contributed by atoms with Crippen LogP contribution in [0.15, 0.2) is 12.2 Å². The van der Waals surface area contributed by atoms with Crippen LogP contribution in [-0.4, -0.2) is 59.6 Å². The Hall–Kier alpha value is -0.460. The standard InChI is InChI=1S/C20H38O5/c1-2-3-4-5-6-7-8-9-10-11-12-13-14-24-20-17(22)16-25-18(15-21)19(20)23/h11-12,17-23H,2-10,13-16H2,1H3/b12-11+/t17-,18+,19+,20+/m1/s1. The minimum absolute atomic E-state index is 0.0846. The van der Waals surface area contributed by atoms with E-state index in [9.17, 15) is 10.2 Å². The van der Waals surface area contributed by atoms with E-state index in [-0.39, 0.29) is 13.2 Å². The molecule has 5 heteroatoms. The number of allylic oxidation sites excluding steroid dienone is 1. The van der Waals surface area contributed by atoms with Crippen molar-refractivity contribution in [3.63, 3.8) is 0 Å². The molecule has 4 atom stereocenters. The third-order valence-corrected chi connectivity index (χ3v) is 4.74. The molecule has 0 saturated carbocycles. The van der Waals surface area contributed by atoms with E-state index in [1.54, 1.807) is 0 Å². The highest BCUT2D eigenvalue weighted by Gasteiger charge is 2.38. The molecule has 1 aliphatic heterocycles. The highest BCUT2D eigenvalue weighted by atomic mass is 16.6. The molecule has 0 aromatic rings. The van der Waals surface area contributed by atoms with Gasteiger partial charge >= 0.3 is 0 Å². The third-order valence-electron chi connectivity index (χ3n) is 4.74. The first-order valence-corrected chi connectivity index (χ1v) is 10.1. The van der Waals surface area contributed by atoms with Gasteiger partial charge in [0.15, 0.2) is 0 Å². The van der Waals surface area contributed by atoms with Gasteiger partial charge in [0.1, 0.15) is 24.4 Å². The Morgan fingerprint density at radius 2 is 1.60 bits per heavy atom. The van der Waals surface area contributed by atoms with Gasteiger partial charge in [-0.1, -0.05) is 64.0 Å². The van der Waals surface area contributed by atoms with Gasteiger partial charge in [-0.3, -0.25) is 0 Å². The van der Waals surface area contributed by atoms with Crippen LogP contribution in [0.1, 0.15) is 71.1 Å². The molecule has 1 aliphatic rings. The van der Waals surface area contributed by atoms with Gasteiger partial charge in [-0.05, 0) is 19.3 Å². The molecular weight excluding hydrogens is 320 g/mol. The average molecular weight is 359 g/mol. The Kier molecular flexibility index (Phi) is 13.3. The van der Waals surface area contributed by atoms with Crippen molar-refractivity contribution in [1.29, 1.82) is 0 Å². The molecule has 0 unspecified atom stereocenters. The summed E-state index contributed by atoms with van der Waals surface area (Å²) in [5.74, 6) is 0. The first kappa shape index (κ1) is 22.6.